The summed E-state index contributed by atoms with van der Waals surface area (Å²) in [7, 11) is 0. The molecule has 0 amide bonds. The second-order valence-corrected chi connectivity index (χ2v) is 5.15. The Morgan fingerprint density at radius 1 is 1.33 bits per heavy atom. The zero-order valence-corrected chi connectivity index (χ0v) is 10.1. The van der Waals surface area contributed by atoms with Crippen LogP contribution >= 0.6 is 15.9 Å². The van der Waals surface area contributed by atoms with Gasteiger partial charge in [-0.1, -0.05) is 28.1 Å². The highest BCUT2D eigenvalue weighted by molar-refractivity contribution is 9.10. The minimum absolute atomic E-state index is 0.177. The van der Waals surface area contributed by atoms with Crippen molar-refractivity contribution in [2.24, 2.45) is 5.73 Å². The highest BCUT2D eigenvalue weighted by atomic mass is 79.9. The summed E-state index contributed by atoms with van der Waals surface area (Å²) in [4.78, 5) is 11.9. The molecule has 1 aromatic carbocycles. The Balaban J connectivity index is 2.02. The van der Waals surface area contributed by atoms with Crippen molar-refractivity contribution >= 4 is 21.7 Å². The molecular weight excluding hydrogens is 254 g/mol. The van der Waals surface area contributed by atoms with E-state index in [1.54, 1.807) is 0 Å². The molecule has 1 fully saturated rings. The maximum Gasteiger partial charge on any atom is 0.156 e. The van der Waals surface area contributed by atoms with Crippen LogP contribution in [0, 0.1) is 0 Å². The number of rotatable bonds is 3. The predicted molar refractivity (Wildman–Crippen MR) is 63.6 cm³/mol. The second kappa shape index (κ2) is 4.06. The van der Waals surface area contributed by atoms with Gasteiger partial charge in [-0.25, -0.2) is 0 Å². The number of ketones is 1. The van der Waals surface area contributed by atoms with Gasteiger partial charge in [0.1, 0.15) is 0 Å². The maximum atomic E-state index is 11.9. The van der Waals surface area contributed by atoms with Crippen molar-refractivity contribution < 1.29 is 4.79 Å². The Kier molecular flexibility index (Phi) is 2.94. The van der Waals surface area contributed by atoms with Crippen molar-refractivity contribution in [3.05, 3.63) is 34.3 Å². The Labute approximate surface area is 98.0 Å². The van der Waals surface area contributed by atoms with E-state index in [0.717, 1.165) is 29.3 Å². The molecule has 0 aliphatic heterocycles. The van der Waals surface area contributed by atoms with Crippen LogP contribution in [0.3, 0.4) is 0 Å². The lowest BCUT2D eigenvalue weighted by molar-refractivity contribution is -0.126. The van der Waals surface area contributed by atoms with Crippen LogP contribution in [0.2, 0.25) is 0 Å². The highest BCUT2D eigenvalue weighted by Gasteiger charge is 2.39. The molecule has 15 heavy (non-hydrogen) atoms. The molecule has 0 aromatic heterocycles. The third-order valence-corrected chi connectivity index (χ3v) is 3.61. The van der Waals surface area contributed by atoms with E-state index in [0.29, 0.717) is 6.42 Å². The van der Waals surface area contributed by atoms with E-state index in [-0.39, 0.29) is 5.78 Å². The van der Waals surface area contributed by atoms with Crippen LogP contribution in [0.1, 0.15) is 24.8 Å². The molecule has 0 saturated heterocycles. The Hall–Kier alpha value is -0.670. The summed E-state index contributed by atoms with van der Waals surface area (Å²) in [5.41, 5.74) is 6.49. The van der Waals surface area contributed by atoms with E-state index >= 15 is 0 Å². The van der Waals surface area contributed by atoms with Crippen LogP contribution in [-0.4, -0.2) is 11.3 Å². The molecule has 2 N–H and O–H groups in total. The van der Waals surface area contributed by atoms with Crippen molar-refractivity contribution in [3.8, 4) is 0 Å². The topological polar surface area (TPSA) is 43.1 Å². The van der Waals surface area contributed by atoms with Gasteiger partial charge in [-0.3, -0.25) is 4.79 Å². The first kappa shape index (κ1) is 10.8. The average Bonchev–Trinajstić information content (AvgIpc) is 2.18. The summed E-state index contributed by atoms with van der Waals surface area (Å²) in [5.74, 6) is 0.177. The number of Topliss-reactive ketones (excluding diaryl/α,β-unsaturated/α-hetero) is 1. The van der Waals surface area contributed by atoms with Crippen LogP contribution in [-0.2, 0) is 11.2 Å². The molecule has 3 heteroatoms. The molecular formula is C12H14BrNO. The van der Waals surface area contributed by atoms with Gasteiger partial charge in [-0.15, -0.1) is 0 Å². The lowest BCUT2D eigenvalue weighted by atomic mass is 9.73. The maximum absolute atomic E-state index is 11.9. The van der Waals surface area contributed by atoms with E-state index in [1.165, 1.54) is 0 Å². The summed E-state index contributed by atoms with van der Waals surface area (Å²) in [6, 6.07) is 7.83. The molecule has 0 heterocycles. The van der Waals surface area contributed by atoms with Crippen LogP contribution in [0.15, 0.2) is 28.7 Å². The van der Waals surface area contributed by atoms with Crippen LogP contribution in [0.4, 0.5) is 0 Å². The number of benzene rings is 1. The molecule has 0 spiro atoms. The highest BCUT2D eigenvalue weighted by Crippen LogP contribution is 2.30. The first-order valence-corrected chi connectivity index (χ1v) is 5.96. The Morgan fingerprint density at radius 3 is 2.40 bits per heavy atom. The first-order valence-electron chi connectivity index (χ1n) is 5.17. The van der Waals surface area contributed by atoms with Gasteiger partial charge >= 0.3 is 0 Å². The summed E-state index contributed by atoms with van der Waals surface area (Å²) in [5, 5.41) is 0. The fourth-order valence-corrected chi connectivity index (χ4v) is 2.06. The van der Waals surface area contributed by atoms with Crippen molar-refractivity contribution in [1.29, 1.82) is 0 Å². The zero-order valence-electron chi connectivity index (χ0n) is 8.50. The molecule has 1 saturated carbocycles. The summed E-state index contributed by atoms with van der Waals surface area (Å²) in [6.45, 7) is 0. The molecule has 80 valence electrons. The summed E-state index contributed by atoms with van der Waals surface area (Å²) < 4.78 is 1.03. The lowest BCUT2D eigenvalue weighted by Crippen LogP contribution is -2.54. The minimum atomic E-state index is -0.521. The SMILES string of the molecule is NC1(C(=O)Cc2ccc(Br)cc2)CCC1. The molecule has 2 rings (SSSR count). The first-order chi connectivity index (χ1) is 7.10. The quantitative estimate of drug-likeness (QED) is 0.914. The van der Waals surface area contributed by atoms with Gasteiger partial charge in [0, 0.05) is 10.9 Å². The standard InChI is InChI=1S/C12H14BrNO/c13-10-4-2-9(3-5-10)8-11(15)12(14)6-1-7-12/h2-5H,1,6-8,14H2. The van der Waals surface area contributed by atoms with Crippen LogP contribution < -0.4 is 5.73 Å². The average molecular weight is 268 g/mol. The Bertz CT molecular complexity index is 368. The number of nitrogens with two attached hydrogens (primary N) is 1. The third-order valence-electron chi connectivity index (χ3n) is 3.08. The monoisotopic (exact) mass is 267 g/mol. The molecule has 0 unspecified atom stereocenters. The molecule has 2 nitrogen and oxygen atoms in total. The van der Waals surface area contributed by atoms with E-state index in [4.69, 9.17) is 5.73 Å². The summed E-state index contributed by atoms with van der Waals surface area (Å²) in [6.07, 6.45) is 3.25. The zero-order chi connectivity index (χ0) is 10.9. The fourth-order valence-electron chi connectivity index (χ4n) is 1.80. The van der Waals surface area contributed by atoms with Gasteiger partial charge < -0.3 is 5.73 Å². The third kappa shape index (κ3) is 2.29. The van der Waals surface area contributed by atoms with Crippen LogP contribution in [0.25, 0.3) is 0 Å². The predicted octanol–water partition coefficient (Wildman–Crippen LogP) is 2.44. The smallest absolute Gasteiger partial charge is 0.156 e. The fraction of sp³-hybridized carbons (Fsp3) is 0.417. The number of halogens is 1. The molecule has 1 aliphatic rings. The number of carbonyl (C=O) groups excluding carboxylic acids is 1. The van der Waals surface area contributed by atoms with Gasteiger partial charge in [0.2, 0.25) is 0 Å². The minimum Gasteiger partial charge on any atom is -0.319 e. The van der Waals surface area contributed by atoms with Gasteiger partial charge in [0.25, 0.3) is 0 Å². The molecule has 0 bridgehead atoms. The van der Waals surface area contributed by atoms with Gasteiger partial charge in [-0.05, 0) is 37.0 Å². The van der Waals surface area contributed by atoms with Crippen LogP contribution in [0.5, 0.6) is 0 Å². The Morgan fingerprint density at radius 2 is 1.93 bits per heavy atom. The van der Waals surface area contributed by atoms with Gasteiger partial charge in [-0.2, -0.15) is 0 Å². The molecule has 0 radical (unpaired) electrons. The molecule has 1 aromatic rings. The number of hydrogen-bond acceptors (Lipinski definition) is 2. The largest absolute Gasteiger partial charge is 0.319 e. The van der Waals surface area contributed by atoms with E-state index in [1.807, 2.05) is 24.3 Å². The van der Waals surface area contributed by atoms with Crippen molar-refractivity contribution in [3.63, 3.8) is 0 Å². The lowest BCUT2D eigenvalue weighted by Gasteiger charge is -2.36. The van der Waals surface area contributed by atoms with Gasteiger partial charge in [0.15, 0.2) is 5.78 Å². The van der Waals surface area contributed by atoms with Gasteiger partial charge in [0.05, 0.1) is 5.54 Å². The molecule has 1 aliphatic carbocycles. The van der Waals surface area contributed by atoms with Crippen molar-refractivity contribution in [2.75, 3.05) is 0 Å². The van der Waals surface area contributed by atoms with E-state index in [2.05, 4.69) is 15.9 Å². The van der Waals surface area contributed by atoms with E-state index in [9.17, 15) is 4.79 Å². The van der Waals surface area contributed by atoms with E-state index < -0.39 is 5.54 Å². The molecule has 0 atom stereocenters. The van der Waals surface area contributed by atoms with Crippen molar-refractivity contribution in [1.82, 2.24) is 0 Å². The normalized spacial score (nSPS) is 18.3. The second-order valence-electron chi connectivity index (χ2n) is 4.24. The number of carbonyl (C=O) groups is 1. The summed E-state index contributed by atoms with van der Waals surface area (Å²) >= 11 is 3.37. The van der Waals surface area contributed by atoms with Crippen molar-refractivity contribution in [2.45, 2.75) is 31.2 Å². The number of hydrogen-bond donors (Lipinski definition) is 1.